The van der Waals surface area contributed by atoms with E-state index in [1.165, 1.54) is 5.57 Å². The molecule has 0 aliphatic carbocycles. The van der Waals surface area contributed by atoms with Crippen LogP contribution in [0, 0.1) is 0 Å². The van der Waals surface area contributed by atoms with Crippen molar-refractivity contribution in [3.8, 4) is 0 Å². The van der Waals surface area contributed by atoms with Gasteiger partial charge in [0.1, 0.15) is 0 Å². The Bertz CT molecular complexity index is 515. The van der Waals surface area contributed by atoms with Crippen molar-refractivity contribution in [1.29, 1.82) is 0 Å². The highest BCUT2D eigenvalue weighted by atomic mass is 35.5. The molecular weight excluding hydrogens is 295 g/mol. The normalized spacial score (nSPS) is 14.8. The van der Waals surface area contributed by atoms with Gasteiger partial charge in [-0.3, -0.25) is 4.79 Å². The first-order chi connectivity index (χ1) is 9.65. The summed E-state index contributed by atoms with van der Waals surface area (Å²) in [5, 5.41) is 7.42. The van der Waals surface area contributed by atoms with Crippen LogP contribution in [0.1, 0.15) is 18.4 Å². The topological polar surface area (TPSA) is 41.1 Å². The Hall–Kier alpha value is -1.03. The van der Waals surface area contributed by atoms with Crippen LogP contribution in [0.3, 0.4) is 0 Å². The van der Waals surface area contributed by atoms with Gasteiger partial charge in [0.15, 0.2) is 0 Å². The van der Waals surface area contributed by atoms with Gasteiger partial charge in [0.25, 0.3) is 0 Å². The van der Waals surface area contributed by atoms with Crippen LogP contribution in [0.15, 0.2) is 29.8 Å². The molecule has 20 heavy (non-hydrogen) atoms. The number of aryl methyl sites for hydroxylation is 1. The third kappa shape index (κ3) is 4.82. The number of hydrogen-bond donors (Lipinski definition) is 2. The predicted molar refractivity (Wildman–Crippen MR) is 83.4 cm³/mol. The van der Waals surface area contributed by atoms with Crippen LogP contribution in [0.5, 0.6) is 0 Å². The van der Waals surface area contributed by atoms with E-state index >= 15 is 0 Å². The van der Waals surface area contributed by atoms with E-state index in [2.05, 4.69) is 16.7 Å². The molecule has 5 heteroatoms. The van der Waals surface area contributed by atoms with Gasteiger partial charge in [0, 0.05) is 29.6 Å². The Kier molecular flexibility index (Phi) is 5.89. The highest BCUT2D eigenvalue weighted by Crippen LogP contribution is 2.21. The molecule has 0 aromatic heterocycles. The molecule has 1 heterocycles. The van der Waals surface area contributed by atoms with Crippen molar-refractivity contribution in [1.82, 2.24) is 10.6 Å². The molecule has 0 atom stereocenters. The fourth-order valence-electron chi connectivity index (χ4n) is 2.10. The SMILES string of the molecule is O=C(CCc1ccc(Cl)cc1Cl)NCC1=CCNCC1. The summed E-state index contributed by atoms with van der Waals surface area (Å²) in [6, 6.07) is 5.37. The molecule has 0 radical (unpaired) electrons. The molecule has 3 nitrogen and oxygen atoms in total. The molecule has 0 saturated carbocycles. The highest BCUT2D eigenvalue weighted by molar-refractivity contribution is 6.35. The van der Waals surface area contributed by atoms with E-state index in [4.69, 9.17) is 23.2 Å². The third-order valence-electron chi connectivity index (χ3n) is 3.31. The fraction of sp³-hybridized carbons (Fsp3) is 0.400. The predicted octanol–water partition coefficient (Wildman–Crippen LogP) is 2.96. The van der Waals surface area contributed by atoms with Crippen molar-refractivity contribution in [2.75, 3.05) is 19.6 Å². The van der Waals surface area contributed by atoms with Crippen molar-refractivity contribution in [2.24, 2.45) is 0 Å². The molecule has 1 aliphatic heterocycles. The van der Waals surface area contributed by atoms with Gasteiger partial charge in [-0.2, -0.15) is 0 Å². The maximum absolute atomic E-state index is 11.8. The zero-order chi connectivity index (χ0) is 14.4. The maximum Gasteiger partial charge on any atom is 0.220 e. The molecule has 0 unspecified atom stereocenters. The first-order valence-electron chi connectivity index (χ1n) is 6.74. The molecule has 108 valence electrons. The molecule has 1 aliphatic rings. The van der Waals surface area contributed by atoms with E-state index in [-0.39, 0.29) is 5.91 Å². The van der Waals surface area contributed by atoms with E-state index < -0.39 is 0 Å². The minimum Gasteiger partial charge on any atom is -0.352 e. The Labute approximate surface area is 129 Å². The second kappa shape index (κ2) is 7.67. The number of carbonyl (C=O) groups excluding carboxylic acids is 1. The minimum absolute atomic E-state index is 0.0513. The quantitative estimate of drug-likeness (QED) is 0.821. The first-order valence-corrected chi connectivity index (χ1v) is 7.50. The molecule has 1 aromatic carbocycles. The Balaban J connectivity index is 1.75. The average molecular weight is 313 g/mol. The zero-order valence-corrected chi connectivity index (χ0v) is 12.7. The Morgan fingerprint density at radius 3 is 2.90 bits per heavy atom. The summed E-state index contributed by atoms with van der Waals surface area (Å²) >= 11 is 11.9. The van der Waals surface area contributed by atoms with Crippen molar-refractivity contribution >= 4 is 29.1 Å². The lowest BCUT2D eigenvalue weighted by atomic mass is 10.1. The first kappa shape index (κ1) is 15.4. The van der Waals surface area contributed by atoms with E-state index in [0.29, 0.717) is 29.4 Å². The molecule has 0 saturated heterocycles. The third-order valence-corrected chi connectivity index (χ3v) is 3.89. The van der Waals surface area contributed by atoms with Crippen LogP contribution in [-0.4, -0.2) is 25.5 Å². The fourth-order valence-corrected chi connectivity index (χ4v) is 2.61. The summed E-state index contributed by atoms with van der Waals surface area (Å²) in [4.78, 5) is 11.8. The average Bonchev–Trinajstić information content (AvgIpc) is 2.45. The standard InChI is InChI=1S/C15H18Cl2N2O/c16-13-3-1-12(14(17)9-13)2-4-15(20)19-10-11-5-7-18-8-6-11/h1,3,5,9,18H,2,4,6-8,10H2,(H,19,20). The molecule has 0 bridgehead atoms. The van der Waals surface area contributed by atoms with Gasteiger partial charge in [-0.25, -0.2) is 0 Å². The number of rotatable bonds is 5. The zero-order valence-electron chi connectivity index (χ0n) is 11.2. The lowest BCUT2D eigenvalue weighted by Gasteiger charge is -2.14. The number of hydrogen-bond acceptors (Lipinski definition) is 2. The molecule has 1 amide bonds. The van der Waals surface area contributed by atoms with E-state index in [1.807, 2.05) is 6.07 Å². The Morgan fingerprint density at radius 2 is 2.20 bits per heavy atom. The van der Waals surface area contributed by atoms with Gasteiger partial charge in [-0.05, 0) is 37.1 Å². The molecule has 1 aromatic rings. The van der Waals surface area contributed by atoms with Crippen molar-refractivity contribution in [3.63, 3.8) is 0 Å². The number of halogens is 2. The van der Waals surface area contributed by atoms with Crippen molar-refractivity contribution < 1.29 is 4.79 Å². The smallest absolute Gasteiger partial charge is 0.220 e. The summed E-state index contributed by atoms with van der Waals surface area (Å²) < 4.78 is 0. The van der Waals surface area contributed by atoms with Gasteiger partial charge < -0.3 is 10.6 Å². The molecule has 0 fully saturated rings. The van der Waals surface area contributed by atoms with Gasteiger partial charge in [0.2, 0.25) is 5.91 Å². The lowest BCUT2D eigenvalue weighted by Crippen LogP contribution is -2.29. The lowest BCUT2D eigenvalue weighted by molar-refractivity contribution is -0.120. The molecule has 2 rings (SSSR count). The van der Waals surface area contributed by atoms with Gasteiger partial charge in [-0.15, -0.1) is 0 Å². The maximum atomic E-state index is 11.8. The van der Waals surface area contributed by atoms with E-state index in [1.54, 1.807) is 12.1 Å². The number of carbonyl (C=O) groups is 1. The second-order valence-corrected chi connectivity index (χ2v) is 5.67. The minimum atomic E-state index is 0.0513. The summed E-state index contributed by atoms with van der Waals surface area (Å²) in [5.41, 5.74) is 2.24. The monoisotopic (exact) mass is 312 g/mol. The summed E-state index contributed by atoms with van der Waals surface area (Å²) in [5.74, 6) is 0.0513. The summed E-state index contributed by atoms with van der Waals surface area (Å²) in [6.45, 7) is 2.53. The summed E-state index contributed by atoms with van der Waals surface area (Å²) in [6.07, 6.45) is 4.21. The van der Waals surface area contributed by atoms with Crippen molar-refractivity contribution in [2.45, 2.75) is 19.3 Å². The van der Waals surface area contributed by atoms with Gasteiger partial charge >= 0.3 is 0 Å². The van der Waals surface area contributed by atoms with Gasteiger partial charge in [-0.1, -0.05) is 40.9 Å². The van der Waals surface area contributed by atoms with E-state index in [0.717, 1.165) is 25.1 Å². The van der Waals surface area contributed by atoms with Gasteiger partial charge in [0.05, 0.1) is 0 Å². The number of benzene rings is 1. The largest absolute Gasteiger partial charge is 0.352 e. The van der Waals surface area contributed by atoms with Crippen LogP contribution < -0.4 is 10.6 Å². The molecule has 0 spiro atoms. The van der Waals surface area contributed by atoms with Crippen LogP contribution in [-0.2, 0) is 11.2 Å². The van der Waals surface area contributed by atoms with Crippen LogP contribution in [0.2, 0.25) is 10.0 Å². The number of amides is 1. The Morgan fingerprint density at radius 1 is 1.35 bits per heavy atom. The molecule has 2 N–H and O–H groups in total. The van der Waals surface area contributed by atoms with Crippen molar-refractivity contribution in [3.05, 3.63) is 45.5 Å². The van der Waals surface area contributed by atoms with E-state index in [9.17, 15) is 4.79 Å². The van der Waals surface area contributed by atoms with Crippen LogP contribution in [0.4, 0.5) is 0 Å². The second-order valence-electron chi connectivity index (χ2n) is 4.83. The highest BCUT2D eigenvalue weighted by Gasteiger charge is 2.07. The van der Waals surface area contributed by atoms with Crippen LogP contribution >= 0.6 is 23.2 Å². The summed E-state index contributed by atoms with van der Waals surface area (Å²) in [7, 11) is 0. The number of nitrogens with one attached hydrogen (secondary N) is 2. The molecular formula is C15H18Cl2N2O. The van der Waals surface area contributed by atoms with Crippen LogP contribution in [0.25, 0.3) is 0 Å².